The fourth-order valence-electron chi connectivity index (χ4n) is 2.07. The van der Waals surface area contributed by atoms with E-state index in [0.717, 1.165) is 37.9 Å². The van der Waals surface area contributed by atoms with E-state index in [1.807, 2.05) is 6.92 Å². The van der Waals surface area contributed by atoms with Crippen LogP contribution >= 0.6 is 0 Å². The number of nitrogens with one attached hydrogen (secondary N) is 2. The number of nitrogens with two attached hydrogens (primary N) is 1. The lowest BCUT2D eigenvalue weighted by Crippen LogP contribution is -2.40. The van der Waals surface area contributed by atoms with Crippen LogP contribution in [0.25, 0.3) is 0 Å². The van der Waals surface area contributed by atoms with Crippen LogP contribution in [-0.2, 0) is 6.42 Å². The van der Waals surface area contributed by atoms with Crippen molar-refractivity contribution in [3.05, 3.63) is 11.6 Å². The zero-order chi connectivity index (χ0) is 12.3. The summed E-state index contributed by atoms with van der Waals surface area (Å²) >= 11 is 0. The van der Waals surface area contributed by atoms with Crippen LogP contribution in [-0.4, -0.2) is 33.2 Å². The van der Waals surface area contributed by atoms with E-state index >= 15 is 0 Å². The highest BCUT2D eigenvalue weighted by atomic mass is 16.2. The van der Waals surface area contributed by atoms with Gasteiger partial charge < -0.3 is 11.1 Å². The molecule has 1 aliphatic rings. The molecule has 17 heavy (non-hydrogen) atoms. The minimum atomic E-state index is -0.193. The molecule has 1 saturated carbocycles. The van der Waals surface area contributed by atoms with Crippen LogP contribution in [0.3, 0.4) is 0 Å². The molecule has 0 spiro atoms. The molecule has 0 saturated heterocycles. The van der Waals surface area contributed by atoms with Crippen LogP contribution in [0, 0.1) is 0 Å². The van der Waals surface area contributed by atoms with Gasteiger partial charge in [-0.3, -0.25) is 9.89 Å². The third-order valence-electron chi connectivity index (χ3n) is 3.18. The molecule has 1 fully saturated rings. The van der Waals surface area contributed by atoms with Gasteiger partial charge in [0.05, 0.1) is 0 Å². The second-order valence-corrected chi connectivity index (χ2v) is 4.54. The molecule has 1 amide bonds. The maximum atomic E-state index is 11.8. The third-order valence-corrected chi connectivity index (χ3v) is 3.18. The van der Waals surface area contributed by atoms with E-state index in [-0.39, 0.29) is 17.8 Å². The first-order valence-electron chi connectivity index (χ1n) is 6.16. The number of amides is 1. The van der Waals surface area contributed by atoms with Crippen LogP contribution in [0.1, 0.15) is 49.1 Å². The van der Waals surface area contributed by atoms with E-state index in [1.54, 1.807) is 0 Å². The molecule has 6 nitrogen and oxygen atoms in total. The summed E-state index contributed by atoms with van der Waals surface area (Å²) in [6.07, 6.45) is 4.58. The van der Waals surface area contributed by atoms with Gasteiger partial charge in [0.1, 0.15) is 5.82 Å². The number of aryl methyl sites for hydroxylation is 1. The number of H-pyrrole nitrogens is 1. The largest absolute Gasteiger partial charge is 0.347 e. The quantitative estimate of drug-likeness (QED) is 0.707. The monoisotopic (exact) mass is 237 g/mol. The van der Waals surface area contributed by atoms with Crippen molar-refractivity contribution in [2.45, 2.75) is 51.1 Å². The van der Waals surface area contributed by atoms with Gasteiger partial charge in [0, 0.05) is 18.5 Å². The molecule has 0 radical (unpaired) electrons. The van der Waals surface area contributed by atoms with E-state index in [2.05, 4.69) is 20.5 Å². The Morgan fingerprint density at radius 1 is 1.47 bits per heavy atom. The molecular formula is C11H19N5O. The zero-order valence-electron chi connectivity index (χ0n) is 10.1. The topological polar surface area (TPSA) is 96.7 Å². The molecule has 2 rings (SSSR count). The lowest BCUT2D eigenvalue weighted by atomic mass is 9.92. The highest BCUT2D eigenvalue weighted by molar-refractivity contribution is 5.90. The first-order valence-corrected chi connectivity index (χ1v) is 6.16. The molecule has 0 aromatic carbocycles. The number of aromatic nitrogens is 3. The van der Waals surface area contributed by atoms with Crippen LogP contribution in [0.4, 0.5) is 0 Å². The molecule has 1 aromatic rings. The predicted molar refractivity (Wildman–Crippen MR) is 63.5 cm³/mol. The van der Waals surface area contributed by atoms with Gasteiger partial charge in [0.25, 0.3) is 5.91 Å². The molecule has 1 aliphatic carbocycles. The number of aromatic amines is 1. The molecule has 4 N–H and O–H groups in total. The van der Waals surface area contributed by atoms with Crippen molar-refractivity contribution in [1.29, 1.82) is 0 Å². The smallest absolute Gasteiger partial charge is 0.291 e. The van der Waals surface area contributed by atoms with Crippen molar-refractivity contribution in [2.24, 2.45) is 5.73 Å². The van der Waals surface area contributed by atoms with E-state index in [4.69, 9.17) is 5.73 Å². The Hall–Kier alpha value is -1.43. The van der Waals surface area contributed by atoms with Gasteiger partial charge in [-0.05, 0) is 25.7 Å². The molecule has 1 aromatic heterocycles. The molecule has 0 unspecified atom stereocenters. The van der Waals surface area contributed by atoms with Crippen molar-refractivity contribution in [3.63, 3.8) is 0 Å². The van der Waals surface area contributed by atoms with Crippen molar-refractivity contribution < 1.29 is 4.79 Å². The fourth-order valence-corrected chi connectivity index (χ4v) is 2.07. The Balaban J connectivity index is 1.88. The number of rotatable bonds is 3. The van der Waals surface area contributed by atoms with Crippen molar-refractivity contribution in [1.82, 2.24) is 20.5 Å². The number of nitrogens with zero attached hydrogens (tertiary/aromatic N) is 2. The Bertz CT molecular complexity index is 381. The molecule has 94 valence electrons. The lowest BCUT2D eigenvalue weighted by Gasteiger charge is -2.26. The Kier molecular flexibility index (Phi) is 3.73. The van der Waals surface area contributed by atoms with Crippen molar-refractivity contribution in [2.75, 3.05) is 0 Å². The summed E-state index contributed by atoms with van der Waals surface area (Å²) in [5.74, 6) is 0.777. The summed E-state index contributed by atoms with van der Waals surface area (Å²) in [5, 5.41) is 9.59. The van der Waals surface area contributed by atoms with Crippen molar-refractivity contribution >= 4 is 5.91 Å². The average Bonchev–Trinajstić information content (AvgIpc) is 2.81. The predicted octanol–water partition coefficient (Wildman–Crippen LogP) is 0.367. The second kappa shape index (κ2) is 5.27. The summed E-state index contributed by atoms with van der Waals surface area (Å²) in [6.45, 7) is 1.96. The standard InChI is InChI=1S/C11H19N5O/c1-2-9-14-10(16-15-9)11(17)13-8-5-3-7(12)4-6-8/h7-8H,2-6,12H2,1H3,(H,13,17)(H,14,15,16). The minimum Gasteiger partial charge on any atom is -0.347 e. The van der Waals surface area contributed by atoms with Crippen molar-refractivity contribution in [3.8, 4) is 0 Å². The molecule has 0 aliphatic heterocycles. The molecule has 0 atom stereocenters. The summed E-state index contributed by atoms with van der Waals surface area (Å²) in [5.41, 5.74) is 5.82. The Morgan fingerprint density at radius 3 is 2.76 bits per heavy atom. The third kappa shape index (κ3) is 3.03. The van der Waals surface area contributed by atoms with Gasteiger partial charge in [-0.2, -0.15) is 0 Å². The SMILES string of the molecule is CCc1nc(C(=O)NC2CCC(N)CC2)n[nH]1. The molecular weight excluding hydrogens is 218 g/mol. The van der Waals surface area contributed by atoms with E-state index < -0.39 is 0 Å². The second-order valence-electron chi connectivity index (χ2n) is 4.54. The lowest BCUT2D eigenvalue weighted by molar-refractivity contribution is 0.0915. The first-order chi connectivity index (χ1) is 8.19. The van der Waals surface area contributed by atoms with Crippen LogP contribution in [0.5, 0.6) is 0 Å². The zero-order valence-corrected chi connectivity index (χ0v) is 10.1. The minimum absolute atomic E-state index is 0.193. The van der Waals surface area contributed by atoms with E-state index in [9.17, 15) is 4.79 Å². The number of carbonyl (C=O) groups excluding carboxylic acids is 1. The molecule has 1 heterocycles. The van der Waals surface area contributed by atoms with Gasteiger partial charge in [0.2, 0.25) is 5.82 Å². The highest BCUT2D eigenvalue weighted by Gasteiger charge is 2.22. The van der Waals surface area contributed by atoms with Crippen LogP contribution in [0.15, 0.2) is 0 Å². The summed E-state index contributed by atoms with van der Waals surface area (Å²) < 4.78 is 0. The summed E-state index contributed by atoms with van der Waals surface area (Å²) in [6, 6.07) is 0.504. The maximum absolute atomic E-state index is 11.8. The normalized spacial score (nSPS) is 24.6. The van der Waals surface area contributed by atoms with Gasteiger partial charge >= 0.3 is 0 Å². The average molecular weight is 237 g/mol. The fraction of sp³-hybridized carbons (Fsp3) is 0.727. The Morgan fingerprint density at radius 2 is 2.18 bits per heavy atom. The Labute approximate surface area is 100 Å². The van der Waals surface area contributed by atoms with Gasteiger partial charge in [-0.1, -0.05) is 6.92 Å². The van der Waals surface area contributed by atoms with E-state index in [0.29, 0.717) is 6.04 Å². The van der Waals surface area contributed by atoms with Crippen LogP contribution in [0.2, 0.25) is 0 Å². The van der Waals surface area contributed by atoms with E-state index in [1.165, 1.54) is 0 Å². The van der Waals surface area contributed by atoms with Gasteiger partial charge in [-0.15, -0.1) is 5.10 Å². The summed E-state index contributed by atoms with van der Waals surface area (Å²) in [4.78, 5) is 15.9. The number of hydrogen-bond donors (Lipinski definition) is 3. The van der Waals surface area contributed by atoms with Gasteiger partial charge in [0.15, 0.2) is 0 Å². The number of hydrogen-bond acceptors (Lipinski definition) is 4. The number of carbonyl (C=O) groups is 1. The first kappa shape index (κ1) is 12.0. The highest BCUT2D eigenvalue weighted by Crippen LogP contribution is 2.17. The summed E-state index contributed by atoms with van der Waals surface area (Å²) in [7, 11) is 0. The van der Waals surface area contributed by atoms with Gasteiger partial charge in [-0.25, -0.2) is 4.98 Å². The van der Waals surface area contributed by atoms with Crippen LogP contribution < -0.4 is 11.1 Å². The molecule has 0 bridgehead atoms. The maximum Gasteiger partial charge on any atom is 0.291 e. The molecule has 6 heteroatoms.